The zero-order valence-corrected chi connectivity index (χ0v) is 12.0. The molecule has 19 heavy (non-hydrogen) atoms. The van der Waals surface area contributed by atoms with E-state index in [9.17, 15) is 0 Å². The number of nitrogens with zero attached hydrogens (tertiary/aromatic N) is 2. The normalized spacial score (nSPS) is 14.6. The highest BCUT2D eigenvalue weighted by atomic mass is 32.2. The highest BCUT2D eigenvalue weighted by molar-refractivity contribution is 7.99. The van der Waals surface area contributed by atoms with Gasteiger partial charge in [-0.2, -0.15) is 0 Å². The first kappa shape index (κ1) is 12.5. The second kappa shape index (κ2) is 4.85. The average molecular weight is 271 g/mol. The van der Waals surface area contributed by atoms with Crippen molar-refractivity contribution < 1.29 is 0 Å². The number of benzene rings is 1. The van der Waals surface area contributed by atoms with Gasteiger partial charge < -0.3 is 5.73 Å². The summed E-state index contributed by atoms with van der Waals surface area (Å²) in [5.41, 5.74) is 8.25. The fourth-order valence-electron chi connectivity index (χ4n) is 1.94. The molecule has 1 heterocycles. The van der Waals surface area contributed by atoms with Gasteiger partial charge in [0.2, 0.25) is 0 Å². The van der Waals surface area contributed by atoms with Crippen molar-refractivity contribution in [1.29, 1.82) is 0 Å². The van der Waals surface area contributed by atoms with Crippen molar-refractivity contribution in [3.05, 3.63) is 41.2 Å². The predicted molar refractivity (Wildman–Crippen MR) is 78.5 cm³/mol. The van der Waals surface area contributed by atoms with Crippen molar-refractivity contribution in [2.45, 2.75) is 42.5 Å². The summed E-state index contributed by atoms with van der Waals surface area (Å²) in [7, 11) is 0. The molecule has 1 aromatic heterocycles. The summed E-state index contributed by atoms with van der Waals surface area (Å²) in [6, 6.07) is 8.44. The second-order valence-corrected chi connectivity index (χ2v) is 6.15. The Morgan fingerprint density at radius 1 is 1.21 bits per heavy atom. The smallest absolute Gasteiger partial charge is 0.135 e. The lowest BCUT2D eigenvalue weighted by molar-refractivity contribution is 0.868. The summed E-state index contributed by atoms with van der Waals surface area (Å²) >= 11 is 1.67. The Hall–Kier alpha value is -1.55. The summed E-state index contributed by atoms with van der Waals surface area (Å²) in [4.78, 5) is 10.3. The molecule has 0 spiro atoms. The van der Waals surface area contributed by atoms with Gasteiger partial charge in [-0.25, -0.2) is 9.97 Å². The van der Waals surface area contributed by atoms with E-state index in [4.69, 9.17) is 10.7 Å². The Kier molecular flexibility index (Phi) is 3.19. The molecule has 0 saturated heterocycles. The van der Waals surface area contributed by atoms with Crippen molar-refractivity contribution in [2.24, 2.45) is 0 Å². The number of rotatable bonds is 3. The Balaban J connectivity index is 1.95. The number of anilines is 1. The van der Waals surface area contributed by atoms with Crippen LogP contribution in [-0.2, 0) is 0 Å². The molecule has 98 valence electrons. The highest BCUT2D eigenvalue weighted by Crippen LogP contribution is 2.40. The Morgan fingerprint density at radius 3 is 2.68 bits per heavy atom. The van der Waals surface area contributed by atoms with E-state index in [1.165, 1.54) is 23.3 Å². The molecule has 1 saturated carbocycles. The summed E-state index contributed by atoms with van der Waals surface area (Å²) in [5.74, 6) is 2.06. The standard InChI is InChI=1S/C15H17N3S/c1-9-4-3-5-12(8-9)19-15-10(2)13(16)17-14(18-15)11-6-7-11/h3-5,8,11H,6-7H2,1-2H3,(H2,16,17,18). The monoisotopic (exact) mass is 271 g/mol. The van der Waals surface area contributed by atoms with Crippen LogP contribution in [0, 0.1) is 13.8 Å². The van der Waals surface area contributed by atoms with E-state index in [1.54, 1.807) is 11.8 Å². The molecule has 1 aliphatic rings. The maximum Gasteiger partial charge on any atom is 0.135 e. The maximum absolute atomic E-state index is 6.01. The number of hydrogen-bond donors (Lipinski definition) is 1. The minimum absolute atomic E-state index is 0.528. The fraction of sp³-hybridized carbons (Fsp3) is 0.333. The van der Waals surface area contributed by atoms with Gasteiger partial charge in [0.05, 0.1) is 0 Å². The summed E-state index contributed by atoms with van der Waals surface area (Å²) in [6.45, 7) is 4.09. The number of aromatic nitrogens is 2. The number of hydrogen-bond acceptors (Lipinski definition) is 4. The third kappa shape index (κ3) is 2.73. The molecule has 3 rings (SSSR count). The van der Waals surface area contributed by atoms with Gasteiger partial charge in [0.15, 0.2) is 0 Å². The van der Waals surface area contributed by atoms with Gasteiger partial charge in [-0.15, -0.1) is 0 Å². The SMILES string of the molecule is Cc1cccc(Sc2nc(C3CC3)nc(N)c2C)c1. The Bertz CT molecular complexity index is 621. The number of nitrogens with two attached hydrogens (primary N) is 1. The molecule has 0 unspecified atom stereocenters. The van der Waals surface area contributed by atoms with E-state index >= 15 is 0 Å². The van der Waals surface area contributed by atoms with Crippen molar-refractivity contribution in [3.8, 4) is 0 Å². The summed E-state index contributed by atoms with van der Waals surface area (Å²) < 4.78 is 0. The molecule has 2 N–H and O–H groups in total. The summed E-state index contributed by atoms with van der Waals surface area (Å²) in [6.07, 6.45) is 2.38. The largest absolute Gasteiger partial charge is 0.383 e. The first-order valence-electron chi connectivity index (χ1n) is 6.52. The van der Waals surface area contributed by atoms with Crippen molar-refractivity contribution in [1.82, 2.24) is 9.97 Å². The second-order valence-electron chi connectivity index (χ2n) is 5.09. The van der Waals surface area contributed by atoms with Crippen LogP contribution in [-0.4, -0.2) is 9.97 Å². The maximum atomic E-state index is 6.01. The van der Waals surface area contributed by atoms with Crippen LogP contribution in [0.5, 0.6) is 0 Å². The van der Waals surface area contributed by atoms with Crippen LogP contribution in [0.4, 0.5) is 5.82 Å². The van der Waals surface area contributed by atoms with Gasteiger partial charge in [0.25, 0.3) is 0 Å². The summed E-state index contributed by atoms with van der Waals surface area (Å²) in [5, 5.41) is 0.986. The van der Waals surface area contributed by atoms with Crippen LogP contribution in [0.3, 0.4) is 0 Å². The lowest BCUT2D eigenvalue weighted by Crippen LogP contribution is -2.03. The molecule has 1 fully saturated rings. The van der Waals surface area contributed by atoms with E-state index in [0.717, 1.165) is 16.4 Å². The molecular weight excluding hydrogens is 254 g/mol. The molecular formula is C15H17N3S. The van der Waals surface area contributed by atoms with Crippen LogP contribution >= 0.6 is 11.8 Å². The molecule has 0 radical (unpaired) electrons. The number of nitrogen functional groups attached to an aromatic ring is 1. The van der Waals surface area contributed by atoms with Crippen LogP contribution in [0.15, 0.2) is 34.2 Å². The third-order valence-electron chi connectivity index (χ3n) is 3.30. The third-order valence-corrected chi connectivity index (χ3v) is 4.38. The Labute approximate surface area is 117 Å². The van der Waals surface area contributed by atoms with Gasteiger partial charge >= 0.3 is 0 Å². The molecule has 0 amide bonds. The molecule has 3 nitrogen and oxygen atoms in total. The molecule has 0 bridgehead atoms. The Morgan fingerprint density at radius 2 is 2.00 bits per heavy atom. The van der Waals surface area contributed by atoms with Gasteiger partial charge in [0, 0.05) is 16.4 Å². The van der Waals surface area contributed by atoms with Gasteiger partial charge in [-0.3, -0.25) is 0 Å². The lowest BCUT2D eigenvalue weighted by Gasteiger charge is -2.09. The molecule has 0 atom stereocenters. The zero-order valence-electron chi connectivity index (χ0n) is 11.2. The quantitative estimate of drug-likeness (QED) is 0.865. The van der Waals surface area contributed by atoms with Crippen molar-refractivity contribution in [3.63, 3.8) is 0 Å². The van der Waals surface area contributed by atoms with Crippen molar-refractivity contribution >= 4 is 17.6 Å². The van der Waals surface area contributed by atoms with Crippen LogP contribution < -0.4 is 5.73 Å². The van der Waals surface area contributed by atoms with Gasteiger partial charge in [-0.1, -0.05) is 29.5 Å². The highest BCUT2D eigenvalue weighted by Gasteiger charge is 2.28. The fourth-order valence-corrected chi connectivity index (χ4v) is 2.96. The van der Waals surface area contributed by atoms with E-state index in [-0.39, 0.29) is 0 Å². The van der Waals surface area contributed by atoms with Crippen molar-refractivity contribution in [2.75, 3.05) is 5.73 Å². The predicted octanol–water partition coefficient (Wildman–Crippen LogP) is 3.70. The molecule has 0 aliphatic heterocycles. The van der Waals surface area contributed by atoms with E-state index in [0.29, 0.717) is 11.7 Å². The zero-order chi connectivity index (χ0) is 13.4. The molecule has 4 heteroatoms. The lowest BCUT2D eigenvalue weighted by atomic mass is 10.2. The molecule has 1 aromatic carbocycles. The first-order valence-corrected chi connectivity index (χ1v) is 7.33. The van der Waals surface area contributed by atoms with Gasteiger partial charge in [0.1, 0.15) is 16.7 Å². The van der Waals surface area contributed by atoms with Gasteiger partial charge in [-0.05, 0) is 38.8 Å². The van der Waals surface area contributed by atoms with Crippen LogP contribution in [0.25, 0.3) is 0 Å². The molecule has 2 aromatic rings. The first-order chi connectivity index (χ1) is 9.13. The topological polar surface area (TPSA) is 51.8 Å². The molecule has 1 aliphatic carbocycles. The van der Waals surface area contributed by atoms with E-state index in [2.05, 4.69) is 36.2 Å². The van der Waals surface area contributed by atoms with E-state index in [1.807, 2.05) is 6.92 Å². The minimum Gasteiger partial charge on any atom is -0.383 e. The minimum atomic E-state index is 0.528. The average Bonchev–Trinajstić information content (AvgIpc) is 3.19. The van der Waals surface area contributed by atoms with Crippen LogP contribution in [0.2, 0.25) is 0 Å². The number of aryl methyl sites for hydroxylation is 1. The van der Waals surface area contributed by atoms with E-state index < -0.39 is 0 Å². The van der Waals surface area contributed by atoms with Crippen LogP contribution in [0.1, 0.15) is 35.7 Å².